The smallest absolute Gasteiger partial charge is 0.264 e. The number of aryl methyl sites for hydroxylation is 3. The maximum Gasteiger partial charge on any atom is 0.264 e. The van der Waals surface area contributed by atoms with Gasteiger partial charge in [-0.2, -0.15) is 5.26 Å². The third-order valence-electron chi connectivity index (χ3n) is 5.74. The maximum absolute atomic E-state index is 13.5. The summed E-state index contributed by atoms with van der Waals surface area (Å²) in [6.45, 7) is 6.17. The molecule has 2 amide bonds. The number of likely N-dealkylation sites (N-methyl/N-ethyl adjacent to an activating group) is 1. The van der Waals surface area contributed by atoms with Crippen molar-refractivity contribution in [2.75, 3.05) is 11.9 Å². The van der Waals surface area contributed by atoms with Crippen LogP contribution in [0.5, 0.6) is 0 Å². The molecule has 5 nitrogen and oxygen atoms in total. The topological polar surface area (TPSA) is 73.2 Å². The van der Waals surface area contributed by atoms with Crippen molar-refractivity contribution in [1.82, 2.24) is 5.32 Å². The molecule has 0 aliphatic carbocycles. The Hall–Kier alpha value is -3.04. The molecule has 0 saturated carbocycles. The van der Waals surface area contributed by atoms with Crippen LogP contribution in [0, 0.1) is 25.2 Å². The number of nitriles is 1. The summed E-state index contributed by atoms with van der Waals surface area (Å²) in [6.07, 6.45) is 3.91. The van der Waals surface area contributed by atoms with Crippen molar-refractivity contribution in [2.24, 2.45) is 0 Å². The third-order valence-corrected chi connectivity index (χ3v) is 7.01. The molecular formula is C26H29N3O2S. The molecule has 0 radical (unpaired) electrons. The molecule has 1 aliphatic rings. The second-order valence-corrected chi connectivity index (χ2v) is 9.24. The Balaban J connectivity index is 1.95. The summed E-state index contributed by atoms with van der Waals surface area (Å²) in [4.78, 5) is 27.4. The zero-order chi connectivity index (χ0) is 23.3. The van der Waals surface area contributed by atoms with Crippen LogP contribution in [-0.4, -0.2) is 24.1 Å². The van der Waals surface area contributed by atoms with Gasteiger partial charge in [0, 0.05) is 12.7 Å². The van der Waals surface area contributed by atoms with Gasteiger partial charge in [-0.3, -0.25) is 14.5 Å². The van der Waals surface area contributed by atoms with Crippen molar-refractivity contribution in [3.8, 4) is 6.07 Å². The van der Waals surface area contributed by atoms with E-state index in [-0.39, 0.29) is 11.5 Å². The first-order chi connectivity index (χ1) is 15.4. The largest absolute Gasteiger partial charge is 0.354 e. The zero-order valence-electron chi connectivity index (χ0n) is 19.1. The third kappa shape index (κ3) is 5.05. The Morgan fingerprint density at radius 3 is 2.41 bits per heavy atom. The van der Waals surface area contributed by atoms with Gasteiger partial charge in [0.15, 0.2) is 0 Å². The summed E-state index contributed by atoms with van der Waals surface area (Å²) < 4.78 is 0. The van der Waals surface area contributed by atoms with Crippen LogP contribution in [0.2, 0.25) is 0 Å². The van der Waals surface area contributed by atoms with E-state index in [0.717, 1.165) is 36.0 Å². The molecule has 1 fully saturated rings. The minimum Gasteiger partial charge on any atom is -0.354 e. The molecule has 0 spiro atoms. The molecule has 1 saturated heterocycles. The summed E-state index contributed by atoms with van der Waals surface area (Å²) in [5.41, 5.74) is 5.16. The number of anilines is 1. The fourth-order valence-electron chi connectivity index (χ4n) is 3.65. The van der Waals surface area contributed by atoms with Crippen LogP contribution in [0.25, 0.3) is 0 Å². The van der Waals surface area contributed by atoms with E-state index in [2.05, 4.69) is 36.5 Å². The Labute approximate surface area is 194 Å². The summed E-state index contributed by atoms with van der Waals surface area (Å²) in [7, 11) is 1.49. The Bertz CT molecular complexity index is 1080. The standard InChI is InChI=1S/C26H29N3O2S/c1-5-6-7-19-9-11-20(12-10-19)15-23-25(31)29(21-13-8-17(2)18(3)14-21)26(32-23)22(16-27)24(30)28-4/h8-14,23H,5-7,15H2,1-4H3,(H,28,30)/b26-22-. The molecule has 6 heteroatoms. The Morgan fingerprint density at radius 2 is 1.81 bits per heavy atom. The number of thioether (sulfide) groups is 1. The molecule has 3 rings (SSSR count). The number of hydrogen-bond acceptors (Lipinski definition) is 4. The van der Waals surface area contributed by atoms with Gasteiger partial charge in [0.2, 0.25) is 5.91 Å². The number of amides is 2. The number of nitrogens with one attached hydrogen (secondary N) is 1. The van der Waals surface area contributed by atoms with E-state index in [1.165, 1.54) is 29.3 Å². The number of carbonyl (C=O) groups excluding carboxylic acids is 2. The Morgan fingerprint density at radius 1 is 1.12 bits per heavy atom. The number of benzene rings is 2. The molecule has 166 valence electrons. The molecule has 2 aromatic carbocycles. The number of hydrogen-bond donors (Lipinski definition) is 1. The van der Waals surface area contributed by atoms with Crippen LogP contribution < -0.4 is 10.2 Å². The van der Waals surface area contributed by atoms with Gasteiger partial charge in [-0.1, -0.05) is 55.4 Å². The van der Waals surface area contributed by atoms with Crippen LogP contribution >= 0.6 is 11.8 Å². The van der Waals surface area contributed by atoms with Crippen molar-refractivity contribution >= 4 is 29.3 Å². The lowest BCUT2D eigenvalue weighted by Crippen LogP contribution is -2.31. The maximum atomic E-state index is 13.5. The van der Waals surface area contributed by atoms with Gasteiger partial charge in [-0.15, -0.1) is 0 Å². The highest BCUT2D eigenvalue weighted by Crippen LogP contribution is 2.42. The van der Waals surface area contributed by atoms with E-state index in [9.17, 15) is 14.9 Å². The van der Waals surface area contributed by atoms with Crippen LogP contribution in [0.15, 0.2) is 53.1 Å². The fourth-order valence-corrected chi connectivity index (χ4v) is 4.96. The molecule has 32 heavy (non-hydrogen) atoms. The predicted octanol–water partition coefficient (Wildman–Crippen LogP) is 4.82. The zero-order valence-corrected chi connectivity index (χ0v) is 19.9. The summed E-state index contributed by atoms with van der Waals surface area (Å²) in [5, 5.41) is 12.2. The highest BCUT2D eigenvalue weighted by Gasteiger charge is 2.40. The van der Waals surface area contributed by atoms with Crippen molar-refractivity contribution in [3.63, 3.8) is 0 Å². The summed E-state index contributed by atoms with van der Waals surface area (Å²) >= 11 is 1.29. The van der Waals surface area contributed by atoms with E-state index in [1.807, 2.05) is 38.1 Å². The van der Waals surface area contributed by atoms with Gasteiger partial charge in [0.25, 0.3) is 5.91 Å². The summed E-state index contributed by atoms with van der Waals surface area (Å²) in [5.74, 6) is -0.600. The number of rotatable bonds is 7. The number of carbonyl (C=O) groups is 2. The fraction of sp³-hybridized carbons (Fsp3) is 0.346. The number of unbranched alkanes of at least 4 members (excludes halogenated alkanes) is 1. The van der Waals surface area contributed by atoms with Crippen LogP contribution in [0.3, 0.4) is 0 Å². The molecule has 1 atom stereocenters. The molecule has 2 aromatic rings. The lowest BCUT2D eigenvalue weighted by molar-refractivity contribution is -0.117. The highest BCUT2D eigenvalue weighted by atomic mass is 32.2. The Kier molecular flexibility index (Phi) is 7.76. The van der Waals surface area contributed by atoms with Gasteiger partial charge in [0.1, 0.15) is 16.7 Å². The van der Waals surface area contributed by atoms with Gasteiger partial charge in [0.05, 0.1) is 5.25 Å². The minimum absolute atomic E-state index is 0.0403. The minimum atomic E-state index is -0.488. The highest BCUT2D eigenvalue weighted by molar-refractivity contribution is 8.05. The SMILES string of the molecule is CCCCc1ccc(CC2S/C(=C(/C#N)C(=O)NC)N(c3ccc(C)c(C)c3)C2=O)cc1. The average molecular weight is 448 g/mol. The second kappa shape index (κ2) is 10.5. The molecule has 1 unspecified atom stereocenters. The van der Waals surface area contributed by atoms with Gasteiger partial charge >= 0.3 is 0 Å². The second-order valence-electron chi connectivity index (χ2n) is 8.04. The van der Waals surface area contributed by atoms with Crippen LogP contribution in [0.1, 0.15) is 42.0 Å². The van der Waals surface area contributed by atoms with Crippen LogP contribution in [0.4, 0.5) is 5.69 Å². The van der Waals surface area contributed by atoms with Crippen molar-refractivity contribution in [1.29, 1.82) is 5.26 Å². The summed E-state index contributed by atoms with van der Waals surface area (Å²) in [6, 6.07) is 16.1. The van der Waals surface area contributed by atoms with E-state index in [0.29, 0.717) is 17.1 Å². The van der Waals surface area contributed by atoms with Gasteiger partial charge < -0.3 is 5.32 Å². The first-order valence-corrected chi connectivity index (χ1v) is 11.8. The van der Waals surface area contributed by atoms with E-state index >= 15 is 0 Å². The van der Waals surface area contributed by atoms with Gasteiger partial charge in [-0.25, -0.2) is 0 Å². The predicted molar refractivity (Wildman–Crippen MR) is 130 cm³/mol. The molecule has 1 heterocycles. The van der Waals surface area contributed by atoms with Crippen molar-refractivity contribution in [2.45, 2.75) is 51.7 Å². The van der Waals surface area contributed by atoms with Crippen molar-refractivity contribution in [3.05, 3.63) is 75.3 Å². The lowest BCUT2D eigenvalue weighted by Gasteiger charge is -2.19. The molecule has 0 bridgehead atoms. The monoisotopic (exact) mass is 447 g/mol. The average Bonchev–Trinajstić information content (AvgIpc) is 3.11. The van der Waals surface area contributed by atoms with Crippen LogP contribution in [-0.2, 0) is 22.4 Å². The van der Waals surface area contributed by atoms with E-state index in [1.54, 1.807) is 0 Å². The molecule has 1 aliphatic heterocycles. The first-order valence-electron chi connectivity index (χ1n) is 10.9. The van der Waals surface area contributed by atoms with Gasteiger partial charge in [-0.05, 0) is 67.5 Å². The molecule has 0 aromatic heterocycles. The molecule has 1 N–H and O–H groups in total. The quantitative estimate of drug-likeness (QED) is 0.488. The molecular weight excluding hydrogens is 418 g/mol. The van der Waals surface area contributed by atoms with E-state index < -0.39 is 11.2 Å². The lowest BCUT2D eigenvalue weighted by atomic mass is 10.0. The number of nitrogens with zero attached hydrogens (tertiary/aromatic N) is 2. The van der Waals surface area contributed by atoms with Crippen molar-refractivity contribution < 1.29 is 9.59 Å². The normalized spacial score (nSPS) is 17.3. The van der Waals surface area contributed by atoms with E-state index in [4.69, 9.17) is 0 Å². The first kappa shape index (κ1) is 23.6.